The summed E-state index contributed by atoms with van der Waals surface area (Å²) in [5, 5.41) is 10.2. The Bertz CT molecular complexity index is 2040. The zero-order valence-corrected chi connectivity index (χ0v) is 26.2. The van der Waals surface area contributed by atoms with Crippen LogP contribution >= 0.6 is 0 Å². The third-order valence-electron chi connectivity index (χ3n) is 7.71. The van der Waals surface area contributed by atoms with Gasteiger partial charge in [-0.25, -0.2) is 4.98 Å². The van der Waals surface area contributed by atoms with Crippen LogP contribution in [0.2, 0.25) is 25.7 Å². The monoisotopic (exact) mass is 594 g/mol. The Kier molecular flexibility index (Phi) is 7.23. The Morgan fingerprint density at radius 3 is 2.42 bits per heavy atom. The molecule has 5 heterocycles. The average Bonchev–Trinajstić information content (AvgIpc) is 3.70. The van der Waals surface area contributed by atoms with Crippen LogP contribution in [0.25, 0.3) is 55.6 Å². The minimum Gasteiger partial charge on any atom is -0.361 e. The van der Waals surface area contributed by atoms with E-state index in [-0.39, 0.29) is 5.56 Å². The molecule has 0 atom stereocenters. The van der Waals surface area contributed by atoms with Crippen molar-refractivity contribution in [3.63, 3.8) is 0 Å². The van der Waals surface area contributed by atoms with Crippen molar-refractivity contribution >= 4 is 36.3 Å². The van der Waals surface area contributed by atoms with E-state index in [2.05, 4.69) is 40.5 Å². The fraction of sp³-hybridized carbons (Fsp3) is 0.281. The highest BCUT2D eigenvalue weighted by Crippen LogP contribution is 2.41. The van der Waals surface area contributed by atoms with Gasteiger partial charge in [-0.05, 0) is 24.6 Å². The van der Waals surface area contributed by atoms with E-state index in [1.165, 1.54) is 0 Å². The summed E-state index contributed by atoms with van der Waals surface area (Å²) in [6, 6.07) is 12.1. The minimum absolute atomic E-state index is 0.235. The van der Waals surface area contributed by atoms with Gasteiger partial charge in [-0.15, -0.1) is 0 Å². The maximum absolute atomic E-state index is 14.0. The molecule has 0 saturated carbocycles. The van der Waals surface area contributed by atoms with E-state index >= 15 is 0 Å². The van der Waals surface area contributed by atoms with Gasteiger partial charge >= 0.3 is 0 Å². The fourth-order valence-electron chi connectivity index (χ4n) is 5.40. The summed E-state index contributed by atoms with van der Waals surface area (Å²) in [5.41, 5.74) is 6.05. The van der Waals surface area contributed by atoms with E-state index in [1.807, 2.05) is 38.5 Å². The van der Waals surface area contributed by atoms with Crippen molar-refractivity contribution in [1.82, 2.24) is 29.1 Å². The molecule has 0 saturated heterocycles. The van der Waals surface area contributed by atoms with E-state index in [0.29, 0.717) is 47.0 Å². The van der Waals surface area contributed by atoms with E-state index in [1.54, 1.807) is 40.7 Å². The van der Waals surface area contributed by atoms with Crippen molar-refractivity contribution in [2.75, 3.05) is 6.61 Å². The van der Waals surface area contributed by atoms with Crippen LogP contribution < -0.4 is 5.56 Å². The molecular weight excluding hydrogens is 560 g/mol. The molecular formula is C32H34N6O4Si. The van der Waals surface area contributed by atoms with Crippen molar-refractivity contribution in [2.24, 2.45) is 14.1 Å². The summed E-state index contributed by atoms with van der Waals surface area (Å²) < 4.78 is 17.4. The molecule has 0 aliphatic carbocycles. The molecule has 5 aromatic heterocycles. The molecule has 10 nitrogen and oxygen atoms in total. The topological polar surface area (TPSA) is 110 Å². The normalized spacial score (nSPS) is 12.0. The Morgan fingerprint density at radius 2 is 1.79 bits per heavy atom. The van der Waals surface area contributed by atoms with Crippen molar-refractivity contribution < 1.29 is 14.1 Å². The quantitative estimate of drug-likeness (QED) is 0.114. The second-order valence-corrected chi connectivity index (χ2v) is 17.8. The molecule has 1 aromatic carbocycles. The van der Waals surface area contributed by atoms with Crippen LogP contribution in [0.1, 0.15) is 16.1 Å². The summed E-state index contributed by atoms with van der Waals surface area (Å²) >= 11 is 0. The standard InChI is InChI=1S/C32H34N6O4Si/c1-20-13-27(42-35-20)30-28(22-9-7-21(18-39)8-10-22)29-24-14-25(23-15-34-36(2)17-23)38(19-41-11-12-43(4,5)6)31(24)33-16-26(29)37(3)32(30)40/h7-10,13-18H,11-12,19H2,1-6H3. The van der Waals surface area contributed by atoms with Crippen LogP contribution in [0, 0.1) is 6.92 Å². The highest BCUT2D eigenvalue weighted by atomic mass is 28.3. The number of aromatic nitrogens is 6. The van der Waals surface area contributed by atoms with Crippen molar-refractivity contribution in [3.8, 4) is 33.7 Å². The molecule has 6 rings (SSSR count). The molecule has 0 amide bonds. The molecule has 0 N–H and O–H groups in total. The predicted molar refractivity (Wildman–Crippen MR) is 170 cm³/mol. The number of hydrogen-bond acceptors (Lipinski definition) is 7. The number of nitrogens with zero attached hydrogens (tertiary/aromatic N) is 6. The van der Waals surface area contributed by atoms with Gasteiger partial charge in [0.15, 0.2) is 5.76 Å². The number of fused-ring (bicyclic) bond motifs is 3. The van der Waals surface area contributed by atoms with Gasteiger partial charge < -0.3 is 18.4 Å². The Hall–Kier alpha value is -4.61. The molecule has 220 valence electrons. The van der Waals surface area contributed by atoms with E-state index in [0.717, 1.165) is 45.6 Å². The SMILES string of the molecule is Cc1cc(-c2c(-c3ccc(C=O)cc3)c3c4cc(-c5cnn(C)c5)n(COCC[Si](C)(C)C)c4ncc3n(C)c2=O)on1. The summed E-state index contributed by atoms with van der Waals surface area (Å²) in [6.07, 6.45) is 6.33. The first-order chi connectivity index (χ1) is 20.6. The lowest BCUT2D eigenvalue weighted by Crippen LogP contribution is -2.22. The second kappa shape index (κ2) is 10.9. The molecule has 0 bridgehead atoms. The zero-order valence-electron chi connectivity index (χ0n) is 25.2. The predicted octanol–water partition coefficient (Wildman–Crippen LogP) is 6.04. The van der Waals surface area contributed by atoms with Gasteiger partial charge in [0.25, 0.3) is 5.56 Å². The fourth-order valence-corrected chi connectivity index (χ4v) is 6.15. The average molecular weight is 595 g/mol. The summed E-state index contributed by atoms with van der Waals surface area (Å²) in [7, 11) is 2.35. The molecule has 0 aliphatic heterocycles. The molecule has 6 aromatic rings. The lowest BCUT2D eigenvalue weighted by atomic mass is 9.93. The van der Waals surface area contributed by atoms with Gasteiger partial charge in [0, 0.05) is 68.5 Å². The maximum Gasteiger partial charge on any atom is 0.262 e. The van der Waals surface area contributed by atoms with Gasteiger partial charge in [0.2, 0.25) is 0 Å². The molecule has 11 heteroatoms. The lowest BCUT2D eigenvalue weighted by Gasteiger charge is -2.17. The van der Waals surface area contributed by atoms with Gasteiger partial charge in [-0.2, -0.15) is 5.10 Å². The lowest BCUT2D eigenvalue weighted by molar-refractivity contribution is 0.0909. The summed E-state index contributed by atoms with van der Waals surface area (Å²) in [4.78, 5) is 30.3. The molecule has 0 radical (unpaired) electrons. The largest absolute Gasteiger partial charge is 0.361 e. The van der Waals surface area contributed by atoms with Crippen molar-refractivity contribution in [2.45, 2.75) is 39.3 Å². The number of carbonyl (C=O) groups excluding carboxylic acids is 1. The number of aryl methyl sites for hydroxylation is 3. The van der Waals surface area contributed by atoms with Gasteiger partial charge in [0.1, 0.15) is 18.7 Å². The summed E-state index contributed by atoms with van der Waals surface area (Å²) in [6.45, 7) is 9.79. The van der Waals surface area contributed by atoms with E-state index in [4.69, 9.17) is 14.2 Å². The van der Waals surface area contributed by atoms with Gasteiger partial charge in [-0.3, -0.25) is 14.3 Å². The molecule has 0 unspecified atom stereocenters. The number of ether oxygens (including phenoxy) is 1. The number of carbonyl (C=O) groups is 1. The first-order valence-corrected chi connectivity index (χ1v) is 17.9. The maximum atomic E-state index is 14.0. The third-order valence-corrected chi connectivity index (χ3v) is 9.41. The summed E-state index contributed by atoms with van der Waals surface area (Å²) in [5.74, 6) is 0.376. The van der Waals surface area contributed by atoms with Crippen LogP contribution in [-0.2, 0) is 25.6 Å². The Morgan fingerprint density at radius 1 is 1.02 bits per heavy atom. The molecule has 0 aliphatic rings. The minimum atomic E-state index is -1.28. The number of hydrogen-bond donors (Lipinski definition) is 0. The zero-order chi connectivity index (χ0) is 30.5. The van der Waals surface area contributed by atoms with Crippen molar-refractivity contribution in [3.05, 3.63) is 76.6 Å². The van der Waals surface area contributed by atoms with Crippen LogP contribution in [0.4, 0.5) is 0 Å². The highest BCUT2D eigenvalue weighted by Gasteiger charge is 2.25. The third kappa shape index (κ3) is 5.26. The number of pyridine rings is 2. The second-order valence-electron chi connectivity index (χ2n) is 12.2. The van der Waals surface area contributed by atoms with Crippen LogP contribution in [0.3, 0.4) is 0 Å². The van der Waals surface area contributed by atoms with E-state index < -0.39 is 8.07 Å². The molecule has 43 heavy (non-hydrogen) atoms. The Balaban J connectivity index is 1.68. The van der Waals surface area contributed by atoms with E-state index in [9.17, 15) is 9.59 Å². The molecule has 0 fully saturated rings. The van der Waals surface area contributed by atoms with Crippen LogP contribution in [-0.4, -0.2) is 50.0 Å². The highest BCUT2D eigenvalue weighted by molar-refractivity contribution is 6.76. The molecule has 0 spiro atoms. The smallest absolute Gasteiger partial charge is 0.262 e. The van der Waals surface area contributed by atoms with Gasteiger partial charge in [0.05, 0.1) is 34.9 Å². The van der Waals surface area contributed by atoms with Crippen molar-refractivity contribution in [1.29, 1.82) is 0 Å². The number of benzene rings is 1. The van der Waals surface area contributed by atoms with Crippen LogP contribution in [0.15, 0.2) is 64.3 Å². The Labute approximate surface area is 249 Å². The number of rotatable bonds is 9. The first kappa shape index (κ1) is 28.5. The van der Waals surface area contributed by atoms with Gasteiger partial charge in [-0.1, -0.05) is 49.1 Å². The van der Waals surface area contributed by atoms with Crippen LogP contribution in [0.5, 0.6) is 0 Å². The number of aldehydes is 1. The first-order valence-electron chi connectivity index (χ1n) is 14.2.